The van der Waals surface area contributed by atoms with Crippen molar-refractivity contribution >= 4 is 0 Å². The minimum absolute atomic E-state index is 0.0803. The molecule has 0 fully saturated rings. The Labute approximate surface area is 103 Å². The molecule has 2 N–H and O–H groups in total. The van der Waals surface area contributed by atoms with Gasteiger partial charge in [-0.05, 0) is 31.9 Å². The Morgan fingerprint density at radius 2 is 2.06 bits per heavy atom. The number of hydrogen-bond acceptors (Lipinski definition) is 4. The van der Waals surface area contributed by atoms with Gasteiger partial charge < -0.3 is 19.9 Å². The second-order valence-corrected chi connectivity index (χ2v) is 3.91. The number of nitrogens with two attached hydrogens (primary N) is 1. The highest BCUT2D eigenvalue weighted by atomic mass is 16.7. The molecule has 0 spiro atoms. The van der Waals surface area contributed by atoms with E-state index < -0.39 is 0 Å². The molecule has 0 aliphatic heterocycles. The summed E-state index contributed by atoms with van der Waals surface area (Å²) in [6.45, 7) is 4.72. The van der Waals surface area contributed by atoms with Crippen molar-refractivity contribution in [1.82, 2.24) is 0 Å². The Balaban J connectivity index is 2.96. The molecule has 0 radical (unpaired) electrons. The molecule has 4 nitrogen and oxygen atoms in total. The summed E-state index contributed by atoms with van der Waals surface area (Å²) in [4.78, 5) is 0. The molecule has 96 valence electrons. The molecule has 1 aromatic carbocycles. The number of rotatable bonds is 7. The Morgan fingerprint density at radius 1 is 1.29 bits per heavy atom. The molecular weight excluding hydrogens is 218 g/mol. The highest BCUT2D eigenvalue weighted by Gasteiger charge is 2.12. The molecule has 4 heteroatoms. The van der Waals surface area contributed by atoms with Crippen LogP contribution in [0.4, 0.5) is 0 Å². The van der Waals surface area contributed by atoms with E-state index in [1.165, 1.54) is 0 Å². The molecule has 0 heterocycles. The molecule has 0 aromatic heterocycles. The lowest BCUT2D eigenvalue weighted by atomic mass is 10.1. The summed E-state index contributed by atoms with van der Waals surface area (Å²) in [6.07, 6.45) is 0.750. The number of para-hydroxylation sites is 1. The molecule has 0 amide bonds. The molecule has 0 saturated carbocycles. The van der Waals surface area contributed by atoms with Crippen LogP contribution >= 0.6 is 0 Å². The van der Waals surface area contributed by atoms with Crippen LogP contribution in [0.25, 0.3) is 0 Å². The lowest BCUT2D eigenvalue weighted by Crippen LogP contribution is -2.18. The van der Waals surface area contributed by atoms with Gasteiger partial charge in [-0.2, -0.15) is 0 Å². The van der Waals surface area contributed by atoms with Crippen molar-refractivity contribution in [2.24, 2.45) is 5.73 Å². The zero-order valence-corrected chi connectivity index (χ0v) is 10.7. The van der Waals surface area contributed by atoms with Crippen LogP contribution in [0.5, 0.6) is 11.5 Å². The highest BCUT2D eigenvalue weighted by molar-refractivity contribution is 5.47. The summed E-state index contributed by atoms with van der Waals surface area (Å²) in [5.41, 5.74) is 6.86. The van der Waals surface area contributed by atoms with Crippen molar-refractivity contribution in [3.63, 3.8) is 0 Å². The first-order valence-electron chi connectivity index (χ1n) is 5.81. The maximum Gasteiger partial charge on any atom is 0.188 e. The van der Waals surface area contributed by atoms with Crippen molar-refractivity contribution in [1.29, 1.82) is 0 Å². The molecule has 0 saturated heterocycles. The normalized spacial score (nSPS) is 12.2. The first kappa shape index (κ1) is 13.8. The predicted molar refractivity (Wildman–Crippen MR) is 67.5 cm³/mol. The molecule has 1 aromatic rings. The van der Waals surface area contributed by atoms with Gasteiger partial charge in [0.15, 0.2) is 18.3 Å². The van der Waals surface area contributed by atoms with Gasteiger partial charge in [0.1, 0.15) is 0 Å². The second-order valence-electron chi connectivity index (χ2n) is 3.91. The van der Waals surface area contributed by atoms with Crippen LogP contribution < -0.4 is 15.2 Å². The summed E-state index contributed by atoms with van der Waals surface area (Å²) in [7, 11) is 1.59. The summed E-state index contributed by atoms with van der Waals surface area (Å²) in [5.74, 6) is 1.47. The highest BCUT2D eigenvalue weighted by Crippen LogP contribution is 2.32. The monoisotopic (exact) mass is 239 g/mol. The van der Waals surface area contributed by atoms with Crippen LogP contribution in [-0.2, 0) is 11.2 Å². The third-order valence-electron chi connectivity index (χ3n) is 2.22. The topological polar surface area (TPSA) is 53.7 Å². The van der Waals surface area contributed by atoms with E-state index in [-0.39, 0.29) is 12.8 Å². The first-order valence-corrected chi connectivity index (χ1v) is 5.81. The van der Waals surface area contributed by atoms with Gasteiger partial charge in [-0.25, -0.2) is 0 Å². The third kappa shape index (κ3) is 4.24. The molecule has 1 atom stereocenters. The summed E-state index contributed by atoms with van der Waals surface area (Å²) < 4.78 is 16.0. The molecule has 1 rings (SSSR count). The maximum absolute atomic E-state index is 5.82. The fourth-order valence-electron chi connectivity index (χ4n) is 1.62. The molecule has 0 bridgehead atoms. The lowest BCUT2D eigenvalue weighted by Gasteiger charge is -2.16. The second kappa shape index (κ2) is 7.14. The van der Waals surface area contributed by atoms with E-state index >= 15 is 0 Å². The Morgan fingerprint density at radius 3 is 2.65 bits per heavy atom. The summed E-state index contributed by atoms with van der Waals surface area (Å²) >= 11 is 0. The van der Waals surface area contributed by atoms with Gasteiger partial charge in [0.2, 0.25) is 0 Å². The molecular formula is C13H21NO3. The van der Waals surface area contributed by atoms with E-state index in [9.17, 15) is 0 Å². The molecule has 1 unspecified atom stereocenters. The smallest absolute Gasteiger partial charge is 0.188 e. The fourth-order valence-corrected chi connectivity index (χ4v) is 1.62. The number of benzene rings is 1. The Hall–Kier alpha value is -1.26. The van der Waals surface area contributed by atoms with Gasteiger partial charge in [-0.15, -0.1) is 0 Å². The van der Waals surface area contributed by atoms with Crippen LogP contribution in [0.3, 0.4) is 0 Å². The average molecular weight is 239 g/mol. The van der Waals surface area contributed by atoms with E-state index in [1.54, 1.807) is 7.11 Å². The Bertz CT molecular complexity index is 339. The van der Waals surface area contributed by atoms with Gasteiger partial charge in [0.05, 0.1) is 6.61 Å². The SMILES string of the molecule is CCOc1cccc(CC(C)N)c1OCOC. The van der Waals surface area contributed by atoms with Crippen molar-refractivity contribution in [2.45, 2.75) is 26.3 Å². The van der Waals surface area contributed by atoms with Gasteiger partial charge in [-0.1, -0.05) is 12.1 Å². The van der Waals surface area contributed by atoms with Gasteiger partial charge in [-0.3, -0.25) is 0 Å². The van der Waals surface area contributed by atoms with Crippen LogP contribution in [0.15, 0.2) is 18.2 Å². The van der Waals surface area contributed by atoms with Crippen LogP contribution in [-0.4, -0.2) is 26.6 Å². The summed E-state index contributed by atoms with van der Waals surface area (Å²) in [5, 5.41) is 0. The van der Waals surface area contributed by atoms with E-state index in [2.05, 4.69) is 0 Å². The van der Waals surface area contributed by atoms with Crippen molar-refractivity contribution in [3.05, 3.63) is 23.8 Å². The van der Waals surface area contributed by atoms with E-state index in [4.69, 9.17) is 19.9 Å². The average Bonchev–Trinajstić information content (AvgIpc) is 2.28. The molecule has 17 heavy (non-hydrogen) atoms. The van der Waals surface area contributed by atoms with Crippen LogP contribution in [0, 0.1) is 0 Å². The zero-order valence-electron chi connectivity index (χ0n) is 10.7. The quantitative estimate of drug-likeness (QED) is 0.739. The maximum atomic E-state index is 5.82. The van der Waals surface area contributed by atoms with Crippen molar-refractivity contribution in [3.8, 4) is 11.5 Å². The van der Waals surface area contributed by atoms with E-state index in [0.29, 0.717) is 6.61 Å². The number of hydrogen-bond donors (Lipinski definition) is 1. The van der Waals surface area contributed by atoms with Crippen molar-refractivity contribution in [2.75, 3.05) is 20.5 Å². The van der Waals surface area contributed by atoms with Gasteiger partial charge in [0, 0.05) is 13.2 Å². The zero-order chi connectivity index (χ0) is 12.7. The third-order valence-corrected chi connectivity index (χ3v) is 2.22. The van der Waals surface area contributed by atoms with Gasteiger partial charge in [0.25, 0.3) is 0 Å². The lowest BCUT2D eigenvalue weighted by molar-refractivity contribution is 0.0479. The number of methoxy groups -OCH3 is 1. The Kier molecular flexibility index (Phi) is 5.80. The van der Waals surface area contributed by atoms with Crippen LogP contribution in [0.2, 0.25) is 0 Å². The summed E-state index contributed by atoms with van der Waals surface area (Å²) in [6, 6.07) is 5.91. The number of ether oxygens (including phenoxy) is 3. The first-order chi connectivity index (χ1) is 8.19. The predicted octanol–water partition coefficient (Wildman–Crippen LogP) is 1.96. The van der Waals surface area contributed by atoms with E-state index in [1.807, 2.05) is 32.0 Å². The molecule has 0 aliphatic carbocycles. The largest absolute Gasteiger partial charge is 0.490 e. The fraction of sp³-hybridized carbons (Fsp3) is 0.538. The van der Waals surface area contributed by atoms with Crippen LogP contribution in [0.1, 0.15) is 19.4 Å². The minimum Gasteiger partial charge on any atom is -0.490 e. The minimum atomic E-state index is 0.0803. The van der Waals surface area contributed by atoms with Crippen molar-refractivity contribution < 1.29 is 14.2 Å². The van der Waals surface area contributed by atoms with Gasteiger partial charge >= 0.3 is 0 Å². The van der Waals surface area contributed by atoms with E-state index in [0.717, 1.165) is 23.5 Å². The standard InChI is InChI=1S/C13H21NO3/c1-4-16-12-7-5-6-11(8-10(2)14)13(12)17-9-15-3/h5-7,10H,4,8-9,14H2,1-3H3. The molecule has 0 aliphatic rings.